The molecule has 12 nitrogen and oxygen atoms in total. The molecule has 16 heteroatoms. The Kier molecular flexibility index (Phi) is 9.25. The molecule has 1 saturated heterocycles. The maximum absolute atomic E-state index is 12.9. The number of rotatable bonds is 9. The first-order valence-corrected chi connectivity index (χ1v) is 11.6. The van der Waals surface area contributed by atoms with E-state index >= 15 is 0 Å². The number of nitrogens with one attached hydrogen (secondary N) is 1. The number of fused-ring (bicyclic) bond motifs is 1. The molecule has 0 saturated carbocycles. The van der Waals surface area contributed by atoms with E-state index in [-0.39, 0.29) is 52.5 Å². The number of carbonyl (C=O) groups is 3. The molecule has 1 aromatic rings. The van der Waals surface area contributed by atoms with Crippen molar-refractivity contribution in [1.29, 1.82) is 5.26 Å². The van der Waals surface area contributed by atoms with Gasteiger partial charge in [-0.2, -0.15) is 5.26 Å². The first kappa shape index (κ1) is 26.0. The summed E-state index contributed by atoms with van der Waals surface area (Å²) < 4.78 is 6.83. The molecule has 31 heavy (non-hydrogen) atoms. The average Bonchev–Trinajstić information content (AvgIpc) is 3.14. The zero-order valence-electron chi connectivity index (χ0n) is 15.9. The Morgan fingerprint density at radius 1 is 1.52 bits per heavy atom. The zero-order chi connectivity index (χ0) is 21.9. The zero-order valence-corrected chi connectivity index (χ0v) is 18.3. The van der Waals surface area contributed by atoms with Crippen LogP contribution in [0.25, 0.3) is 0 Å². The number of carbonyl (C=O) groups excluding carboxylic acids is 2. The fourth-order valence-electron chi connectivity index (χ4n) is 2.98. The van der Waals surface area contributed by atoms with Crippen molar-refractivity contribution >= 4 is 82.6 Å². The van der Waals surface area contributed by atoms with Crippen LogP contribution in [-0.2, 0) is 26.2 Å². The molecule has 0 spiro atoms. The fraction of sp³-hybridized carbons (Fsp3) is 0.533. The average molecular weight is 496 g/mol. The summed E-state index contributed by atoms with van der Waals surface area (Å²) in [5.41, 5.74) is -1.21. The van der Waals surface area contributed by atoms with Crippen LogP contribution < -0.4 is 5.32 Å². The Hall–Kier alpha value is -1.28. The van der Waals surface area contributed by atoms with Gasteiger partial charge in [-0.25, -0.2) is 9.48 Å². The number of amides is 2. The molecular formula is C15H18N7NaO5S3. The number of aromatic nitrogens is 4. The number of nitriles is 1. The fourth-order valence-corrected chi connectivity index (χ4v) is 5.86. The summed E-state index contributed by atoms with van der Waals surface area (Å²) in [6, 6.07) is 1.92. The number of aliphatic carboxylic acids is 1. The van der Waals surface area contributed by atoms with Crippen molar-refractivity contribution in [3.63, 3.8) is 0 Å². The minimum absolute atomic E-state index is 0. The third-order valence-corrected chi connectivity index (χ3v) is 7.59. The van der Waals surface area contributed by atoms with E-state index in [1.54, 1.807) is 7.05 Å². The summed E-state index contributed by atoms with van der Waals surface area (Å²) >= 11 is 3.67. The van der Waals surface area contributed by atoms with E-state index in [0.29, 0.717) is 16.5 Å². The summed E-state index contributed by atoms with van der Waals surface area (Å²) in [5.74, 6) is -1.61. The van der Waals surface area contributed by atoms with E-state index < -0.39 is 28.9 Å². The van der Waals surface area contributed by atoms with Gasteiger partial charge >= 0.3 is 35.5 Å². The van der Waals surface area contributed by atoms with E-state index in [4.69, 9.17) is 10.00 Å². The minimum atomic E-state index is -1.64. The van der Waals surface area contributed by atoms with Gasteiger partial charge in [-0.1, -0.05) is 11.8 Å². The number of hydrogen-bond acceptors (Lipinski definition) is 11. The summed E-state index contributed by atoms with van der Waals surface area (Å²) in [4.78, 5) is 38.2. The van der Waals surface area contributed by atoms with Crippen LogP contribution in [0.3, 0.4) is 0 Å². The molecule has 2 atom stereocenters. The van der Waals surface area contributed by atoms with E-state index in [2.05, 4.69) is 20.8 Å². The molecule has 1 fully saturated rings. The number of ether oxygens (including phenoxy) is 1. The van der Waals surface area contributed by atoms with Gasteiger partial charge in [-0.05, 0) is 16.0 Å². The Morgan fingerprint density at radius 2 is 2.26 bits per heavy atom. The van der Waals surface area contributed by atoms with E-state index in [0.717, 1.165) is 16.7 Å². The van der Waals surface area contributed by atoms with Crippen molar-refractivity contribution in [3.05, 3.63) is 11.3 Å². The number of β-lactam (4-membered cyclic amide) rings is 1. The van der Waals surface area contributed by atoms with Gasteiger partial charge in [0.1, 0.15) is 11.1 Å². The topological polar surface area (TPSA) is 163 Å². The van der Waals surface area contributed by atoms with Crippen LogP contribution in [0, 0.1) is 11.3 Å². The van der Waals surface area contributed by atoms with Crippen LogP contribution in [0.1, 0.15) is 0 Å². The van der Waals surface area contributed by atoms with E-state index in [1.807, 2.05) is 6.07 Å². The monoisotopic (exact) mass is 495 g/mol. The van der Waals surface area contributed by atoms with E-state index in [1.165, 1.54) is 35.3 Å². The maximum atomic E-state index is 12.9. The Balaban J connectivity index is 0.00000341. The standard InChI is InChI=1S/C15H17N7O5S3.Na.H/c1-21-14(18-19-20-21)30-6-8-5-29-13-15(27-2,17-9(23)7-28-4-3-16)12(26)22(13)10(8)11(24)25;;/h13H,4-7H2,1-2H3,(H,17,23)(H,24,25);;/t13-,15+;;/m1../s1. The number of methoxy groups -OCH3 is 1. The number of carboxylic acid groups (broad SMARTS) is 1. The third-order valence-electron chi connectivity index (χ3n) is 4.32. The molecule has 0 aliphatic carbocycles. The summed E-state index contributed by atoms with van der Waals surface area (Å²) in [6.45, 7) is 0. The van der Waals surface area contributed by atoms with Gasteiger partial charge in [-0.15, -0.1) is 28.6 Å². The van der Waals surface area contributed by atoms with Crippen molar-refractivity contribution in [2.75, 3.05) is 30.1 Å². The molecule has 0 bridgehead atoms. The van der Waals surface area contributed by atoms with Gasteiger partial charge in [0.05, 0.1) is 17.6 Å². The Morgan fingerprint density at radius 3 is 2.84 bits per heavy atom. The summed E-state index contributed by atoms with van der Waals surface area (Å²) in [5, 5.41) is 31.8. The molecular weight excluding hydrogens is 477 g/mol. The number of carboxylic acids is 1. The third kappa shape index (κ3) is 5.05. The van der Waals surface area contributed by atoms with Crippen molar-refractivity contribution in [2.24, 2.45) is 7.05 Å². The van der Waals surface area contributed by atoms with Gasteiger partial charge in [0.15, 0.2) is 0 Å². The second-order valence-corrected chi connectivity index (χ2v) is 9.11. The molecule has 0 radical (unpaired) electrons. The first-order valence-electron chi connectivity index (χ1n) is 8.42. The number of hydrogen-bond donors (Lipinski definition) is 2. The van der Waals surface area contributed by atoms with Crippen LogP contribution in [0.15, 0.2) is 16.4 Å². The van der Waals surface area contributed by atoms with Gasteiger partial charge in [0.2, 0.25) is 11.1 Å². The second-order valence-electron chi connectivity index (χ2n) is 6.11. The molecule has 0 unspecified atom stereocenters. The molecule has 2 N–H and O–H groups in total. The predicted molar refractivity (Wildman–Crippen MR) is 115 cm³/mol. The molecule has 2 aliphatic heterocycles. The Bertz CT molecular complexity index is 952. The molecule has 3 heterocycles. The number of aryl methyl sites for hydroxylation is 1. The molecule has 0 aromatic carbocycles. The quantitative estimate of drug-likeness (QED) is 0.136. The van der Waals surface area contributed by atoms with Crippen LogP contribution in [-0.4, -0.2) is 119 Å². The van der Waals surface area contributed by atoms with Gasteiger partial charge in [0, 0.05) is 25.7 Å². The number of thioether (sulfide) groups is 3. The number of nitrogens with zero attached hydrogens (tertiary/aromatic N) is 6. The van der Waals surface area contributed by atoms with Crippen LogP contribution in [0.2, 0.25) is 0 Å². The van der Waals surface area contributed by atoms with Crippen LogP contribution >= 0.6 is 35.3 Å². The van der Waals surface area contributed by atoms with Crippen LogP contribution in [0.5, 0.6) is 0 Å². The van der Waals surface area contributed by atoms with Crippen molar-refractivity contribution in [1.82, 2.24) is 30.4 Å². The molecule has 162 valence electrons. The van der Waals surface area contributed by atoms with E-state index in [9.17, 15) is 19.5 Å². The van der Waals surface area contributed by atoms with Crippen LogP contribution in [0.4, 0.5) is 0 Å². The SMILES string of the molecule is CO[C@@]1(NC(=O)CSCC#N)C(=O)N2C(C(=O)O)=C(CSc3nnnn3C)CS[C@@H]21.[NaH]. The molecule has 1 aromatic heterocycles. The van der Waals surface area contributed by atoms with Gasteiger partial charge < -0.3 is 15.2 Å². The number of tetrazole rings is 1. The van der Waals surface area contributed by atoms with Crippen molar-refractivity contribution in [3.8, 4) is 6.07 Å². The summed E-state index contributed by atoms with van der Waals surface area (Å²) in [7, 11) is 2.96. The summed E-state index contributed by atoms with van der Waals surface area (Å²) in [6.07, 6.45) is 0. The van der Waals surface area contributed by atoms with Crippen molar-refractivity contribution in [2.45, 2.75) is 16.3 Å². The second kappa shape index (κ2) is 11.0. The molecule has 2 amide bonds. The predicted octanol–water partition coefficient (Wildman–Crippen LogP) is -1.38. The Labute approximate surface area is 212 Å². The molecule has 3 rings (SSSR count). The van der Waals surface area contributed by atoms with Crippen molar-refractivity contribution < 1.29 is 24.2 Å². The normalized spacial score (nSPS) is 22.2. The first-order chi connectivity index (χ1) is 14.4. The van der Waals surface area contributed by atoms with Gasteiger partial charge in [-0.3, -0.25) is 14.5 Å². The van der Waals surface area contributed by atoms with Gasteiger partial charge in [0.25, 0.3) is 11.6 Å². The molecule has 2 aliphatic rings.